The summed E-state index contributed by atoms with van der Waals surface area (Å²) < 4.78 is 9.90. The van der Waals surface area contributed by atoms with Gasteiger partial charge in [-0.25, -0.2) is 4.79 Å². The summed E-state index contributed by atoms with van der Waals surface area (Å²) in [4.78, 5) is 64.5. The molecule has 12 nitrogen and oxygen atoms in total. The lowest BCUT2D eigenvalue weighted by atomic mass is 10.00. The number of phenolic OH excluding ortho intramolecular Hbond substituents is 1. The average molecular weight is 551 g/mol. The normalized spacial score (nSPS) is 12.5. The van der Waals surface area contributed by atoms with Crippen LogP contribution in [-0.2, 0) is 28.7 Å². The zero-order valence-corrected chi connectivity index (χ0v) is 23.5. The molecule has 0 aliphatic rings. The summed E-state index contributed by atoms with van der Waals surface area (Å²) in [6.07, 6.45) is 1.84. The van der Waals surface area contributed by atoms with Gasteiger partial charge in [0.05, 0.1) is 7.11 Å². The molecule has 0 saturated carbocycles. The van der Waals surface area contributed by atoms with Crippen LogP contribution in [-0.4, -0.2) is 71.6 Å². The number of nitrogens with one attached hydrogen (secondary N) is 2. The van der Waals surface area contributed by atoms with Gasteiger partial charge in [-0.2, -0.15) is 0 Å². The molecule has 4 amide bonds. The zero-order chi connectivity index (χ0) is 29.6. The van der Waals surface area contributed by atoms with Crippen LogP contribution < -0.4 is 16.4 Å². The van der Waals surface area contributed by atoms with Crippen molar-refractivity contribution in [2.24, 2.45) is 5.73 Å². The number of aromatic hydroxyl groups is 1. The molecule has 0 spiro atoms. The monoisotopic (exact) mass is 550 g/mol. The topological polar surface area (TPSA) is 177 Å². The van der Waals surface area contributed by atoms with Gasteiger partial charge in [-0.3, -0.25) is 19.2 Å². The maximum absolute atomic E-state index is 14.0. The summed E-state index contributed by atoms with van der Waals surface area (Å²) in [5.41, 5.74) is 4.58. The highest BCUT2D eigenvalue weighted by Gasteiger charge is 2.37. The third-order valence-corrected chi connectivity index (χ3v) is 5.63. The molecule has 1 aromatic carbocycles. The number of methoxy groups -OCH3 is 1. The Morgan fingerprint density at radius 3 is 2.31 bits per heavy atom. The van der Waals surface area contributed by atoms with Gasteiger partial charge in [0.25, 0.3) is 0 Å². The summed E-state index contributed by atoms with van der Waals surface area (Å²) in [7, 11) is 1.17. The van der Waals surface area contributed by atoms with E-state index in [1.165, 1.54) is 24.1 Å². The van der Waals surface area contributed by atoms with Gasteiger partial charge in [0.15, 0.2) is 0 Å². The van der Waals surface area contributed by atoms with Crippen LogP contribution in [0.3, 0.4) is 0 Å². The molecule has 0 fully saturated rings. The minimum atomic E-state index is -1.36. The molecule has 0 bridgehead atoms. The molecule has 12 heteroatoms. The Morgan fingerprint density at radius 2 is 1.74 bits per heavy atom. The van der Waals surface area contributed by atoms with Gasteiger partial charge in [0, 0.05) is 18.5 Å². The van der Waals surface area contributed by atoms with Crippen molar-refractivity contribution in [1.29, 1.82) is 0 Å². The molecule has 0 aliphatic carbocycles. The van der Waals surface area contributed by atoms with Crippen molar-refractivity contribution in [3.63, 3.8) is 0 Å². The van der Waals surface area contributed by atoms with Gasteiger partial charge in [0.1, 0.15) is 30.0 Å². The van der Waals surface area contributed by atoms with Crippen molar-refractivity contribution in [3.8, 4) is 5.75 Å². The fraction of sp³-hybridized carbons (Fsp3) is 0.593. The first-order chi connectivity index (χ1) is 18.3. The van der Waals surface area contributed by atoms with Crippen LogP contribution in [0.4, 0.5) is 4.79 Å². The summed E-state index contributed by atoms with van der Waals surface area (Å²) in [6.45, 7) is 6.63. The molecule has 0 aliphatic heterocycles. The molecule has 2 unspecified atom stereocenters. The van der Waals surface area contributed by atoms with Crippen LogP contribution >= 0.6 is 0 Å². The Labute approximate surface area is 229 Å². The standard InChI is InChI=1S/C27H42N4O8/c1-6-7-8-11-16-31(25(36)19(14-15-21(28)33)30-26(37)39-27(2,3)4)23(18-12-9-10-13-20(18)32)24(35)29-17-22(34)38-5/h9-10,12-13,19,23,32H,6-8,11,14-17H2,1-5H3,(H2,28,33)(H,29,35)(H,30,37). The number of carbonyl (C=O) groups is 5. The van der Waals surface area contributed by atoms with Crippen molar-refractivity contribution in [1.82, 2.24) is 15.5 Å². The van der Waals surface area contributed by atoms with E-state index >= 15 is 0 Å². The number of esters is 1. The largest absolute Gasteiger partial charge is 0.508 e. The second kappa shape index (κ2) is 16.2. The van der Waals surface area contributed by atoms with Gasteiger partial charge < -0.3 is 35.8 Å². The first-order valence-corrected chi connectivity index (χ1v) is 13.0. The Morgan fingerprint density at radius 1 is 1.08 bits per heavy atom. The van der Waals surface area contributed by atoms with Crippen LogP contribution in [0.25, 0.3) is 0 Å². The molecule has 5 N–H and O–H groups in total. The highest BCUT2D eigenvalue weighted by molar-refractivity contribution is 5.93. The molecule has 2 atom stereocenters. The van der Waals surface area contributed by atoms with Crippen LogP contribution in [0.2, 0.25) is 0 Å². The molecule has 0 aromatic heterocycles. The molecule has 0 saturated heterocycles. The number of nitrogens with two attached hydrogens (primary N) is 1. The Kier molecular flexibility index (Phi) is 13.8. The van der Waals surface area contributed by atoms with E-state index in [9.17, 15) is 29.1 Å². The summed E-state index contributed by atoms with van der Waals surface area (Å²) >= 11 is 0. The van der Waals surface area contributed by atoms with E-state index in [1.807, 2.05) is 6.92 Å². The van der Waals surface area contributed by atoms with Crippen molar-refractivity contribution < 1.29 is 38.6 Å². The lowest BCUT2D eigenvalue weighted by molar-refractivity contribution is -0.145. The number of rotatable bonds is 15. The van der Waals surface area contributed by atoms with Crippen molar-refractivity contribution in [2.75, 3.05) is 20.2 Å². The average Bonchev–Trinajstić information content (AvgIpc) is 2.85. The maximum Gasteiger partial charge on any atom is 0.408 e. The van der Waals surface area contributed by atoms with E-state index in [0.29, 0.717) is 6.42 Å². The number of hydrogen-bond donors (Lipinski definition) is 4. The lowest BCUT2D eigenvalue weighted by Gasteiger charge is -2.34. The number of phenols is 1. The number of nitrogens with zero attached hydrogens (tertiary/aromatic N) is 1. The number of alkyl carbamates (subject to hydrolysis) is 1. The molecular weight excluding hydrogens is 508 g/mol. The van der Waals surface area contributed by atoms with Gasteiger partial charge in [-0.05, 0) is 39.7 Å². The fourth-order valence-electron chi connectivity index (χ4n) is 3.77. The van der Waals surface area contributed by atoms with Crippen molar-refractivity contribution >= 4 is 29.8 Å². The van der Waals surface area contributed by atoms with Crippen LogP contribution in [0.5, 0.6) is 5.75 Å². The number of ether oxygens (including phenoxy) is 2. The molecule has 1 aromatic rings. The number of para-hydroxylation sites is 1. The fourth-order valence-corrected chi connectivity index (χ4v) is 3.77. The number of benzene rings is 1. The SMILES string of the molecule is CCCCCCN(C(=O)C(CCC(N)=O)NC(=O)OC(C)(C)C)C(C(=O)NCC(=O)OC)c1ccccc1O. The summed E-state index contributed by atoms with van der Waals surface area (Å²) in [5, 5.41) is 15.6. The maximum atomic E-state index is 14.0. The number of hydrogen-bond acceptors (Lipinski definition) is 8. The summed E-state index contributed by atoms with van der Waals surface area (Å²) in [5.74, 6) is -3.04. The van der Waals surface area contributed by atoms with Crippen LogP contribution in [0, 0.1) is 0 Å². The molecule has 39 heavy (non-hydrogen) atoms. The third kappa shape index (κ3) is 12.1. The van der Waals surface area contributed by atoms with E-state index in [-0.39, 0.29) is 30.7 Å². The predicted molar refractivity (Wildman–Crippen MR) is 143 cm³/mol. The van der Waals surface area contributed by atoms with Gasteiger partial charge >= 0.3 is 12.1 Å². The molecular formula is C27H42N4O8. The first kappa shape index (κ1) is 33.2. The smallest absolute Gasteiger partial charge is 0.408 e. The van der Waals surface area contributed by atoms with Crippen LogP contribution in [0.1, 0.15) is 77.8 Å². The van der Waals surface area contributed by atoms with E-state index in [1.54, 1.807) is 32.9 Å². The van der Waals surface area contributed by atoms with Crippen molar-refractivity contribution in [3.05, 3.63) is 29.8 Å². The number of primary amides is 1. The van der Waals surface area contributed by atoms with Crippen molar-refractivity contribution in [2.45, 2.75) is 83.9 Å². The minimum Gasteiger partial charge on any atom is -0.508 e. The molecule has 1 rings (SSSR count). The first-order valence-electron chi connectivity index (χ1n) is 13.0. The predicted octanol–water partition coefficient (Wildman–Crippen LogP) is 2.29. The van der Waals surface area contributed by atoms with E-state index in [4.69, 9.17) is 10.5 Å². The highest BCUT2D eigenvalue weighted by atomic mass is 16.6. The Balaban J connectivity index is 3.52. The molecule has 0 heterocycles. The molecule has 218 valence electrons. The Hall–Kier alpha value is -3.83. The Bertz CT molecular complexity index is 992. The zero-order valence-electron chi connectivity index (χ0n) is 23.5. The number of unbranched alkanes of at least 4 members (excludes halogenated alkanes) is 3. The molecule has 0 radical (unpaired) electrons. The number of carbonyl (C=O) groups excluding carboxylic acids is 5. The van der Waals surface area contributed by atoms with E-state index < -0.39 is 54.0 Å². The highest BCUT2D eigenvalue weighted by Crippen LogP contribution is 2.30. The number of amides is 4. The van der Waals surface area contributed by atoms with Gasteiger partial charge in [-0.1, -0.05) is 44.4 Å². The van der Waals surface area contributed by atoms with Gasteiger partial charge in [-0.15, -0.1) is 0 Å². The summed E-state index contributed by atoms with van der Waals surface area (Å²) in [6, 6.07) is 3.40. The van der Waals surface area contributed by atoms with E-state index in [0.717, 1.165) is 19.3 Å². The second-order valence-electron chi connectivity index (χ2n) is 10.1. The quantitative estimate of drug-likeness (QED) is 0.190. The minimum absolute atomic E-state index is 0.0898. The van der Waals surface area contributed by atoms with Gasteiger partial charge in [0.2, 0.25) is 17.7 Å². The van der Waals surface area contributed by atoms with E-state index in [2.05, 4.69) is 15.4 Å². The second-order valence-corrected chi connectivity index (χ2v) is 10.1. The third-order valence-electron chi connectivity index (χ3n) is 5.63. The van der Waals surface area contributed by atoms with Crippen LogP contribution in [0.15, 0.2) is 24.3 Å². The lowest BCUT2D eigenvalue weighted by Crippen LogP contribution is -2.53.